The number of nitrogens with one attached hydrogen (secondary N) is 1. The van der Waals surface area contributed by atoms with E-state index in [4.69, 9.17) is 18.9 Å². The lowest BCUT2D eigenvalue weighted by Gasteiger charge is -2.15. The van der Waals surface area contributed by atoms with E-state index in [2.05, 4.69) is 5.32 Å². The number of ether oxygens (including phenoxy) is 4. The molecule has 0 amide bonds. The molecule has 5 heteroatoms. The molecule has 0 unspecified atom stereocenters. The summed E-state index contributed by atoms with van der Waals surface area (Å²) in [5, 5.41) is 3.11. The van der Waals surface area contributed by atoms with Gasteiger partial charge in [0.2, 0.25) is 0 Å². The molecule has 108 valence electrons. The van der Waals surface area contributed by atoms with Gasteiger partial charge in [0, 0.05) is 19.2 Å². The van der Waals surface area contributed by atoms with Crippen molar-refractivity contribution < 1.29 is 18.9 Å². The average Bonchev–Trinajstić information content (AvgIpc) is 2.44. The van der Waals surface area contributed by atoms with E-state index >= 15 is 0 Å². The summed E-state index contributed by atoms with van der Waals surface area (Å²) < 4.78 is 21.3. The van der Waals surface area contributed by atoms with Gasteiger partial charge >= 0.3 is 0 Å². The lowest BCUT2D eigenvalue weighted by atomic mass is 10.2. The molecule has 0 aliphatic heterocycles. The van der Waals surface area contributed by atoms with Crippen LogP contribution in [-0.2, 0) is 16.0 Å². The molecule has 0 bridgehead atoms. The largest absolute Gasteiger partial charge is 0.493 e. The van der Waals surface area contributed by atoms with Gasteiger partial charge in [0.15, 0.2) is 11.5 Å². The lowest BCUT2D eigenvalue weighted by molar-refractivity contribution is 0.0538. The number of para-hydroxylation sites is 1. The van der Waals surface area contributed by atoms with Gasteiger partial charge in [-0.2, -0.15) is 0 Å². The van der Waals surface area contributed by atoms with Crippen LogP contribution in [0.5, 0.6) is 11.5 Å². The minimum Gasteiger partial charge on any atom is -0.493 e. The summed E-state index contributed by atoms with van der Waals surface area (Å²) in [5.74, 6) is 1.51. The molecule has 0 aliphatic carbocycles. The third-order valence-corrected chi connectivity index (χ3v) is 2.55. The normalized spacial score (nSPS) is 10.5. The van der Waals surface area contributed by atoms with Gasteiger partial charge in [-0.05, 0) is 13.1 Å². The Morgan fingerprint density at radius 1 is 1.05 bits per heavy atom. The zero-order valence-electron chi connectivity index (χ0n) is 11.9. The van der Waals surface area contributed by atoms with E-state index in [-0.39, 0.29) is 0 Å². The van der Waals surface area contributed by atoms with Crippen LogP contribution in [0.1, 0.15) is 5.56 Å². The summed E-state index contributed by atoms with van der Waals surface area (Å²) in [5.41, 5.74) is 1.07. The Hall–Kier alpha value is -1.30. The number of hydrogen-bond donors (Lipinski definition) is 1. The van der Waals surface area contributed by atoms with Crippen molar-refractivity contribution in [2.24, 2.45) is 0 Å². The molecule has 1 N–H and O–H groups in total. The van der Waals surface area contributed by atoms with Gasteiger partial charge in [0.05, 0.1) is 26.9 Å². The van der Waals surface area contributed by atoms with Crippen LogP contribution in [0.25, 0.3) is 0 Å². The lowest BCUT2D eigenvalue weighted by Crippen LogP contribution is -2.13. The molecule has 0 saturated heterocycles. The minimum absolute atomic E-state index is 0.487. The summed E-state index contributed by atoms with van der Waals surface area (Å²) in [6.45, 7) is 2.92. The molecule has 0 atom stereocenters. The molecule has 1 rings (SSSR count). The van der Waals surface area contributed by atoms with Gasteiger partial charge < -0.3 is 24.3 Å². The number of benzene rings is 1. The molecular formula is C14H23NO4. The predicted octanol–water partition coefficient (Wildman–Crippen LogP) is 1.46. The molecule has 1 aromatic carbocycles. The molecule has 0 fully saturated rings. The first-order valence-electron chi connectivity index (χ1n) is 6.33. The van der Waals surface area contributed by atoms with Crippen molar-refractivity contribution in [3.8, 4) is 11.5 Å². The Kier molecular flexibility index (Phi) is 7.97. The van der Waals surface area contributed by atoms with Gasteiger partial charge in [0.1, 0.15) is 6.61 Å². The smallest absolute Gasteiger partial charge is 0.165 e. The van der Waals surface area contributed by atoms with E-state index in [1.807, 2.05) is 25.2 Å². The van der Waals surface area contributed by atoms with Gasteiger partial charge in [0.25, 0.3) is 0 Å². The van der Waals surface area contributed by atoms with E-state index in [0.717, 1.165) is 23.6 Å². The maximum atomic E-state index is 5.76. The topological polar surface area (TPSA) is 49.0 Å². The standard InChI is InChI=1S/C14H23NO4/c1-15-11-12-5-4-6-13(17-3)14(12)19-10-9-18-8-7-16-2/h4-6,15H,7-11H2,1-3H3. The van der Waals surface area contributed by atoms with Crippen LogP contribution in [0.4, 0.5) is 0 Å². The van der Waals surface area contributed by atoms with Crippen LogP contribution in [0, 0.1) is 0 Å². The Balaban J connectivity index is 2.50. The highest BCUT2D eigenvalue weighted by Gasteiger charge is 2.09. The van der Waals surface area contributed by atoms with Crippen LogP contribution in [-0.4, -0.2) is 47.7 Å². The fraction of sp³-hybridized carbons (Fsp3) is 0.571. The summed E-state index contributed by atoms with van der Waals surface area (Å²) in [6.07, 6.45) is 0. The summed E-state index contributed by atoms with van der Waals surface area (Å²) in [6, 6.07) is 5.86. The first-order chi connectivity index (χ1) is 9.33. The van der Waals surface area contributed by atoms with Crippen molar-refractivity contribution in [2.75, 3.05) is 47.7 Å². The van der Waals surface area contributed by atoms with E-state index < -0.39 is 0 Å². The SMILES string of the molecule is CNCc1cccc(OC)c1OCCOCCOC. The molecule has 0 heterocycles. The monoisotopic (exact) mass is 269 g/mol. The van der Waals surface area contributed by atoms with Crippen molar-refractivity contribution in [2.45, 2.75) is 6.54 Å². The third kappa shape index (κ3) is 5.46. The van der Waals surface area contributed by atoms with Crippen LogP contribution >= 0.6 is 0 Å². The first-order valence-corrected chi connectivity index (χ1v) is 6.33. The highest BCUT2D eigenvalue weighted by molar-refractivity contribution is 5.46. The zero-order chi connectivity index (χ0) is 13.9. The van der Waals surface area contributed by atoms with Gasteiger partial charge in [-0.15, -0.1) is 0 Å². The van der Waals surface area contributed by atoms with Crippen molar-refractivity contribution in [3.63, 3.8) is 0 Å². The van der Waals surface area contributed by atoms with E-state index in [9.17, 15) is 0 Å². The van der Waals surface area contributed by atoms with E-state index in [0.29, 0.717) is 26.4 Å². The fourth-order valence-electron chi connectivity index (χ4n) is 1.66. The van der Waals surface area contributed by atoms with Crippen LogP contribution < -0.4 is 14.8 Å². The van der Waals surface area contributed by atoms with E-state index in [1.165, 1.54) is 0 Å². The van der Waals surface area contributed by atoms with Crippen molar-refractivity contribution >= 4 is 0 Å². The molecule has 0 saturated carbocycles. The quantitative estimate of drug-likeness (QED) is 0.652. The second kappa shape index (κ2) is 9.61. The molecule has 0 spiro atoms. The molecule has 0 aromatic heterocycles. The first kappa shape index (κ1) is 15.8. The second-order valence-corrected chi connectivity index (χ2v) is 3.93. The van der Waals surface area contributed by atoms with Crippen molar-refractivity contribution in [1.82, 2.24) is 5.32 Å². The predicted molar refractivity (Wildman–Crippen MR) is 73.9 cm³/mol. The summed E-state index contributed by atoms with van der Waals surface area (Å²) in [4.78, 5) is 0. The molecular weight excluding hydrogens is 246 g/mol. The Labute approximate surface area is 114 Å². The highest BCUT2D eigenvalue weighted by Crippen LogP contribution is 2.30. The number of hydrogen-bond acceptors (Lipinski definition) is 5. The average molecular weight is 269 g/mol. The molecule has 0 radical (unpaired) electrons. The maximum Gasteiger partial charge on any atom is 0.165 e. The van der Waals surface area contributed by atoms with Gasteiger partial charge in [-0.25, -0.2) is 0 Å². The van der Waals surface area contributed by atoms with Crippen LogP contribution in [0.3, 0.4) is 0 Å². The molecule has 5 nitrogen and oxygen atoms in total. The minimum atomic E-state index is 0.487. The second-order valence-electron chi connectivity index (χ2n) is 3.93. The highest BCUT2D eigenvalue weighted by atomic mass is 16.5. The van der Waals surface area contributed by atoms with Gasteiger partial charge in [-0.1, -0.05) is 12.1 Å². The summed E-state index contributed by atoms with van der Waals surface area (Å²) in [7, 11) is 5.19. The number of methoxy groups -OCH3 is 2. The summed E-state index contributed by atoms with van der Waals surface area (Å²) >= 11 is 0. The Bertz CT molecular complexity index is 357. The molecule has 19 heavy (non-hydrogen) atoms. The van der Waals surface area contributed by atoms with E-state index in [1.54, 1.807) is 14.2 Å². The van der Waals surface area contributed by atoms with Crippen molar-refractivity contribution in [1.29, 1.82) is 0 Å². The maximum absolute atomic E-state index is 5.76. The zero-order valence-corrected chi connectivity index (χ0v) is 11.9. The Morgan fingerprint density at radius 2 is 1.84 bits per heavy atom. The van der Waals surface area contributed by atoms with Crippen molar-refractivity contribution in [3.05, 3.63) is 23.8 Å². The Morgan fingerprint density at radius 3 is 2.53 bits per heavy atom. The number of rotatable bonds is 10. The molecule has 1 aromatic rings. The fourth-order valence-corrected chi connectivity index (χ4v) is 1.66. The molecule has 0 aliphatic rings. The van der Waals surface area contributed by atoms with Crippen LogP contribution in [0.15, 0.2) is 18.2 Å². The van der Waals surface area contributed by atoms with Gasteiger partial charge in [-0.3, -0.25) is 0 Å². The third-order valence-electron chi connectivity index (χ3n) is 2.55. The van der Waals surface area contributed by atoms with Crippen LogP contribution in [0.2, 0.25) is 0 Å².